The van der Waals surface area contributed by atoms with Gasteiger partial charge >= 0.3 is 0 Å². The van der Waals surface area contributed by atoms with Crippen molar-refractivity contribution < 1.29 is 48.5 Å². The highest BCUT2D eigenvalue weighted by atomic mass is 32.2. The summed E-state index contributed by atoms with van der Waals surface area (Å²) in [7, 11) is -11.6. The summed E-state index contributed by atoms with van der Waals surface area (Å²) in [6, 6.07) is 24.1. The van der Waals surface area contributed by atoms with Crippen LogP contribution in [0.15, 0.2) is 132 Å². The number of carbonyl (C=O) groups is 1. The Balaban J connectivity index is 1.35. The molecule has 0 saturated carbocycles. The molecule has 0 unspecified atom stereocenters. The molecule has 0 radical (unpaired) electrons. The van der Waals surface area contributed by atoms with Gasteiger partial charge in [0, 0.05) is 65.8 Å². The lowest BCUT2D eigenvalue weighted by Crippen LogP contribution is -2.28. The third-order valence-corrected chi connectivity index (χ3v) is 15.7. The fourth-order valence-electron chi connectivity index (χ4n) is 9.19. The van der Waals surface area contributed by atoms with Gasteiger partial charge in [-0.3, -0.25) is 13.9 Å². The molecular formula is C51H64N3O10S3+. The van der Waals surface area contributed by atoms with Crippen LogP contribution in [0.2, 0.25) is 0 Å². The van der Waals surface area contributed by atoms with Gasteiger partial charge in [-0.05, 0) is 111 Å². The van der Waals surface area contributed by atoms with Gasteiger partial charge in [0.15, 0.2) is 15.5 Å². The highest BCUT2D eigenvalue weighted by Gasteiger charge is 2.44. The number of anilines is 1. The second kappa shape index (κ2) is 21.4. The minimum Gasteiger partial charge on any atom is -0.457 e. The molecule has 67 heavy (non-hydrogen) atoms. The minimum atomic E-state index is -4.08. The van der Waals surface area contributed by atoms with Crippen LogP contribution in [0.3, 0.4) is 0 Å². The maximum absolute atomic E-state index is 12.5. The molecule has 0 spiro atoms. The number of rotatable bonds is 22. The predicted molar refractivity (Wildman–Crippen MR) is 266 cm³/mol. The molecule has 1 aliphatic carbocycles. The zero-order valence-corrected chi connectivity index (χ0v) is 41.4. The van der Waals surface area contributed by atoms with Crippen LogP contribution in [0.1, 0.15) is 95.8 Å². The molecule has 6 rings (SSSR count). The van der Waals surface area contributed by atoms with Crippen LogP contribution in [0.25, 0.3) is 0 Å². The van der Waals surface area contributed by atoms with Crippen molar-refractivity contribution in [1.29, 1.82) is 0 Å². The molecule has 0 bridgehead atoms. The average Bonchev–Trinajstić information content (AvgIpc) is 3.62. The zero-order chi connectivity index (χ0) is 48.6. The molecule has 0 saturated heterocycles. The summed E-state index contributed by atoms with van der Waals surface area (Å²) in [5.41, 5.74) is 8.69. The number of amides is 1. The van der Waals surface area contributed by atoms with Crippen molar-refractivity contribution in [2.24, 2.45) is 0 Å². The second-order valence-corrected chi connectivity index (χ2v) is 23.6. The summed E-state index contributed by atoms with van der Waals surface area (Å²) in [5.74, 6) is 0.279. The highest BCUT2D eigenvalue weighted by Crippen LogP contribution is 2.48. The number of aryl methyl sites for hydroxylation is 1. The van der Waals surface area contributed by atoms with E-state index in [0.29, 0.717) is 50.9 Å². The Morgan fingerprint density at radius 2 is 1.45 bits per heavy atom. The van der Waals surface area contributed by atoms with E-state index in [1.807, 2.05) is 48.5 Å². The zero-order valence-electron chi connectivity index (χ0n) is 38.9. The number of hydrogen-bond donors (Lipinski definition) is 3. The Bertz CT molecular complexity index is 2840. The topological polar surface area (TPSA) is 187 Å². The molecule has 3 aromatic rings. The molecule has 360 valence electrons. The van der Waals surface area contributed by atoms with Crippen LogP contribution in [0.4, 0.5) is 11.4 Å². The molecule has 13 nitrogen and oxygen atoms in total. The van der Waals surface area contributed by atoms with Crippen LogP contribution in [-0.2, 0) is 52.1 Å². The molecule has 1 amide bonds. The normalized spacial score (nSPS) is 18.2. The summed E-state index contributed by atoms with van der Waals surface area (Å²) in [5, 5.41) is 3.55. The number of carbonyl (C=O) groups excluding carboxylic acids is 1. The first-order valence-corrected chi connectivity index (χ1v) is 27.8. The van der Waals surface area contributed by atoms with Gasteiger partial charge in [-0.2, -0.15) is 21.4 Å². The summed E-state index contributed by atoms with van der Waals surface area (Å²) in [4.78, 5) is 14.8. The average molecular weight is 975 g/mol. The van der Waals surface area contributed by atoms with Gasteiger partial charge < -0.3 is 15.0 Å². The van der Waals surface area contributed by atoms with Crippen molar-refractivity contribution in [3.8, 4) is 5.75 Å². The van der Waals surface area contributed by atoms with E-state index in [1.165, 1.54) is 0 Å². The molecule has 3 aromatic carbocycles. The van der Waals surface area contributed by atoms with Gasteiger partial charge in [-0.25, -0.2) is 8.42 Å². The van der Waals surface area contributed by atoms with Gasteiger partial charge in [0.25, 0.3) is 20.2 Å². The molecule has 0 fully saturated rings. The van der Waals surface area contributed by atoms with E-state index in [0.717, 1.165) is 81.0 Å². The lowest BCUT2D eigenvalue weighted by atomic mass is 9.81. The lowest BCUT2D eigenvalue weighted by Gasteiger charge is -2.27. The minimum absolute atomic E-state index is 0.0106. The predicted octanol–water partition coefficient (Wildman–Crippen LogP) is 8.69. The van der Waals surface area contributed by atoms with E-state index >= 15 is 0 Å². The molecular weight excluding hydrogens is 911 g/mol. The van der Waals surface area contributed by atoms with E-state index in [2.05, 4.69) is 97.6 Å². The highest BCUT2D eigenvalue weighted by molar-refractivity contribution is 7.94. The maximum atomic E-state index is 12.5. The Hall–Kier alpha value is -5.13. The van der Waals surface area contributed by atoms with Crippen LogP contribution < -0.4 is 15.0 Å². The number of nitrogens with zero attached hydrogens (tertiary/aromatic N) is 2. The number of hydrogen-bond acceptors (Lipinski definition) is 9. The van der Waals surface area contributed by atoms with Crippen LogP contribution >= 0.6 is 0 Å². The van der Waals surface area contributed by atoms with Gasteiger partial charge in [-0.1, -0.05) is 75.0 Å². The van der Waals surface area contributed by atoms with Gasteiger partial charge in [0.1, 0.15) is 18.1 Å². The molecule has 0 aromatic heterocycles. The van der Waals surface area contributed by atoms with Crippen LogP contribution in [-0.4, -0.2) is 87.4 Å². The van der Waals surface area contributed by atoms with Crippen molar-refractivity contribution in [2.45, 2.75) is 96.3 Å². The number of fused-ring (bicyclic) bond motifs is 2. The first-order valence-electron chi connectivity index (χ1n) is 22.8. The van der Waals surface area contributed by atoms with E-state index in [-0.39, 0.29) is 47.0 Å². The monoisotopic (exact) mass is 974 g/mol. The molecule has 3 aliphatic rings. The summed E-state index contributed by atoms with van der Waals surface area (Å²) in [6.45, 7) is 13.2. The molecule has 2 aliphatic heterocycles. The molecule has 16 heteroatoms. The van der Waals surface area contributed by atoms with Crippen molar-refractivity contribution in [2.75, 3.05) is 41.8 Å². The Morgan fingerprint density at radius 3 is 2.13 bits per heavy atom. The van der Waals surface area contributed by atoms with E-state index in [1.54, 1.807) is 0 Å². The number of nitrogens with one attached hydrogen (secondary N) is 1. The standard InChI is InChI=1S/C51H63N3O10S3/c1-6-65(56,57)37-32-52-48(55)31-24-38-22-27-41(28-23-38)64-49-39(25-29-46-50(2,3)42-18-7-9-20-44(42)53(46)33-11-13-35-66(58,59)60)16-15-17-40(49)26-30-47-51(4,5)43-19-8-10-21-45(43)54(47)34-12-14-36-67(61,62)63/h6-10,18-23,25-30H,1,11-17,24,31-37H2,2-5H3,(H2-,52,55,58,59,60,61,62,63)/p+1. The van der Waals surface area contributed by atoms with Gasteiger partial charge in [-0.15, -0.1) is 0 Å². The van der Waals surface area contributed by atoms with Crippen LogP contribution in [0, 0.1) is 0 Å². The van der Waals surface area contributed by atoms with E-state index in [9.17, 15) is 39.2 Å². The largest absolute Gasteiger partial charge is 0.457 e. The van der Waals surface area contributed by atoms with Crippen LogP contribution in [0.5, 0.6) is 5.75 Å². The Labute approximate surface area is 397 Å². The van der Waals surface area contributed by atoms with Gasteiger partial charge in [0.2, 0.25) is 11.6 Å². The first-order chi connectivity index (χ1) is 31.6. The first kappa shape index (κ1) is 51.3. The number of ether oxygens (including phenoxy) is 1. The summed E-state index contributed by atoms with van der Waals surface area (Å²) < 4.78 is 97.5. The third kappa shape index (κ3) is 13.3. The van der Waals surface area contributed by atoms with Crippen molar-refractivity contribution in [1.82, 2.24) is 5.32 Å². The SMILES string of the molecule is C=CS(=O)(=O)CCNC(=O)CCc1ccc(OC2=C(/C=C/C3=[N+](CCCCS(=O)(=O)O)c4ccccc4C3(C)C)CCC/C2=C\C=C2\N(CCCCS(=O)(=O)O)c3ccccc3C2(C)C)cc1. The maximum Gasteiger partial charge on any atom is 0.264 e. The fraction of sp³-hybridized carbons (Fsp3) is 0.412. The van der Waals surface area contributed by atoms with Crippen molar-refractivity contribution in [3.05, 3.63) is 148 Å². The lowest BCUT2D eigenvalue weighted by molar-refractivity contribution is -0.438. The molecule has 2 heterocycles. The van der Waals surface area contributed by atoms with E-state index in [4.69, 9.17) is 4.74 Å². The molecule has 0 atom stereocenters. The van der Waals surface area contributed by atoms with Crippen molar-refractivity contribution >= 4 is 53.1 Å². The van der Waals surface area contributed by atoms with Gasteiger partial charge in [0.05, 0.1) is 22.7 Å². The summed E-state index contributed by atoms with van der Waals surface area (Å²) in [6.07, 6.45) is 13.3. The summed E-state index contributed by atoms with van der Waals surface area (Å²) >= 11 is 0. The molecule has 3 N–H and O–H groups in total. The quantitative estimate of drug-likeness (QED) is 0.0497. The Kier molecular flexibility index (Phi) is 16.4. The number of benzene rings is 3. The number of allylic oxidation sites excluding steroid dienone is 7. The van der Waals surface area contributed by atoms with Crippen molar-refractivity contribution in [3.63, 3.8) is 0 Å². The smallest absolute Gasteiger partial charge is 0.264 e. The fourth-order valence-corrected chi connectivity index (χ4v) is 10.9. The Morgan fingerprint density at radius 1 is 0.791 bits per heavy atom. The third-order valence-electron chi connectivity index (χ3n) is 12.8. The number of para-hydroxylation sites is 2. The second-order valence-electron chi connectivity index (χ2n) is 18.4. The van der Waals surface area contributed by atoms with E-state index < -0.39 is 30.1 Å². The number of unbranched alkanes of at least 4 members (excludes halogenated alkanes) is 2. The number of sulfone groups is 1.